The highest BCUT2D eigenvalue weighted by Gasteiger charge is 2.39. The van der Waals surface area contributed by atoms with Gasteiger partial charge in [-0.2, -0.15) is 0 Å². The molecule has 1 saturated heterocycles. The first-order valence-electron chi connectivity index (χ1n) is 7.84. The van der Waals surface area contributed by atoms with Crippen molar-refractivity contribution in [3.8, 4) is 0 Å². The van der Waals surface area contributed by atoms with E-state index in [2.05, 4.69) is 12.2 Å². The molecule has 120 valence electrons. The Labute approximate surface area is 130 Å². The van der Waals surface area contributed by atoms with Crippen molar-refractivity contribution in [1.29, 1.82) is 0 Å². The van der Waals surface area contributed by atoms with Crippen molar-refractivity contribution in [3.05, 3.63) is 35.6 Å². The fourth-order valence-electron chi connectivity index (χ4n) is 2.97. The maximum atomic E-state index is 14.1. The lowest BCUT2D eigenvalue weighted by atomic mass is 9.83. The number of hydrogen-bond acceptors (Lipinski definition) is 2. The second-order valence-electron chi connectivity index (χ2n) is 5.76. The lowest BCUT2D eigenvalue weighted by Crippen LogP contribution is -2.46. The monoisotopic (exact) mass is 306 g/mol. The Morgan fingerprint density at radius 1 is 1.41 bits per heavy atom. The van der Waals surface area contributed by atoms with Gasteiger partial charge in [0, 0.05) is 25.6 Å². The molecule has 0 bridgehead atoms. The van der Waals surface area contributed by atoms with Crippen molar-refractivity contribution in [1.82, 2.24) is 10.2 Å². The Morgan fingerprint density at radius 3 is 2.82 bits per heavy atom. The molecule has 1 N–H and O–H groups in total. The smallest absolute Gasteiger partial charge is 0.225 e. The lowest BCUT2D eigenvalue weighted by Gasteiger charge is -2.38. The van der Waals surface area contributed by atoms with Crippen molar-refractivity contribution in [2.24, 2.45) is 5.92 Å². The zero-order valence-electron chi connectivity index (χ0n) is 13.1. The number of nitrogens with zero attached hydrogens (tertiary/aromatic N) is 1. The van der Waals surface area contributed by atoms with Crippen LogP contribution in [0.25, 0.3) is 0 Å². The first kappa shape index (κ1) is 16.5. The summed E-state index contributed by atoms with van der Waals surface area (Å²) in [7, 11) is 1.64. The number of unbranched alkanes of at least 4 members (excludes halogenated alkanes) is 1. The van der Waals surface area contributed by atoms with Crippen LogP contribution < -0.4 is 5.32 Å². The standard InChI is InChI=1S/C17H23FN2O2/c1-3-4-11-19-17(22)13-9-10-15(21)20(2)16(13)12-7-5-6-8-14(12)18/h5-8,13,16H,3-4,9-11H2,1-2H3,(H,19,22)/t13-,16-/m0/s1. The molecule has 2 atom stereocenters. The van der Waals surface area contributed by atoms with E-state index in [0.717, 1.165) is 12.8 Å². The molecule has 2 amide bonds. The highest BCUT2D eigenvalue weighted by Crippen LogP contribution is 2.36. The van der Waals surface area contributed by atoms with Crippen LogP contribution in [0.4, 0.5) is 4.39 Å². The fourth-order valence-corrected chi connectivity index (χ4v) is 2.97. The van der Waals surface area contributed by atoms with Crippen molar-refractivity contribution in [2.45, 2.75) is 38.6 Å². The third-order valence-electron chi connectivity index (χ3n) is 4.25. The van der Waals surface area contributed by atoms with Crippen LogP contribution in [0.5, 0.6) is 0 Å². The van der Waals surface area contributed by atoms with Crippen LogP contribution in [-0.2, 0) is 9.59 Å². The first-order chi connectivity index (χ1) is 10.6. The highest BCUT2D eigenvalue weighted by molar-refractivity contribution is 5.84. The summed E-state index contributed by atoms with van der Waals surface area (Å²) >= 11 is 0. The van der Waals surface area contributed by atoms with E-state index in [0.29, 0.717) is 24.9 Å². The van der Waals surface area contributed by atoms with Gasteiger partial charge in [0.25, 0.3) is 0 Å². The Balaban J connectivity index is 2.25. The van der Waals surface area contributed by atoms with E-state index in [1.54, 1.807) is 25.2 Å². The SMILES string of the molecule is CCCCNC(=O)[C@H]1CCC(=O)N(C)[C@H]1c1ccccc1F. The van der Waals surface area contributed by atoms with E-state index >= 15 is 0 Å². The molecule has 4 nitrogen and oxygen atoms in total. The molecule has 1 aromatic carbocycles. The Hall–Kier alpha value is -1.91. The minimum Gasteiger partial charge on any atom is -0.356 e. The van der Waals surface area contributed by atoms with E-state index in [9.17, 15) is 14.0 Å². The Morgan fingerprint density at radius 2 is 2.14 bits per heavy atom. The number of carbonyl (C=O) groups is 2. The Bertz CT molecular complexity index is 547. The third-order valence-corrected chi connectivity index (χ3v) is 4.25. The molecule has 2 rings (SSSR count). The second kappa shape index (κ2) is 7.38. The molecular formula is C17H23FN2O2. The molecule has 1 heterocycles. The van der Waals surface area contributed by atoms with E-state index in [1.165, 1.54) is 11.0 Å². The molecule has 1 aliphatic heterocycles. The summed E-state index contributed by atoms with van der Waals surface area (Å²) in [4.78, 5) is 25.9. The molecule has 5 heteroatoms. The van der Waals surface area contributed by atoms with E-state index in [4.69, 9.17) is 0 Å². The fraction of sp³-hybridized carbons (Fsp3) is 0.529. The number of piperidine rings is 1. The maximum absolute atomic E-state index is 14.1. The quantitative estimate of drug-likeness (QED) is 0.850. The predicted octanol–water partition coefficient (Wildman–Crippen LogP) is 2.65. The van der Waals surface area contributed by atoms with Gasteiger partial charge in [0.05, 0.1) is 12.0 Å². The van der Waals surface area contributed by atoms with Gasteiger partial charge in [-0.3, -0.25) is 9.59 Å². The van der Waals surface area contributed by atoms with E-state index < -0.39 is 12.0 Å². The summed E-state index contributed by atoms with van der Waals surface area (Å²) in [5, 5.41) is 2.91. The van der Waals surface area contributed by atoms with Crippen LogP contribution in [0.3, 0.4) is 0 Å². The summed E-state index contributed by atoms with van der Waals surface area (Å²) < 4.78 is 14.1. The van der Waals surface area contributed by atoms with Crippen molar-refractivity contribution < 1.29 is 14.0 Å². The van der Waals surface area contributed by atoms with Crippen LogP contribution in [0.2, 0.25) is 0 Å². The van der Waals surface area contributed by atoms with Crippen LogP contribution >= 0.6 is 0 Å². The summed E-state index contributed by atoms with van der Waals surface area (Å²) in [5.41, 5.74) is 0.411. The van der Waals surface area contributed by atoms with Gasteiger partial charge < -0.3 is 10.2 Å². The molecule has 0 radical (unpaired) electrons. The Kier molecular flexibility index (Phi) is 5.52. The van der Waals surface area contributed by atoms with E-state index in [1.807, 2.05) is 0 Å². The number of carbonyl (C=O) groups excluding carboxylic acids is 2. The summed E-state index contributed by atoms with van der Waals surface area (Å²) in [6.07, 6.45) is 2.70. The van der Waals surface area contributed by atoms with Crippen molar-refractivity contribution in [3.63, 3.8) is 0 Å². The van der Waals surface area contributed by atoms with Gasteiger partial charge in [0.15, 0.2) is 0 Å². The molecule has 0 spiro atoms. The average molecular weight is 306 g/mol. The van der Waals surface area contributed by atoms with Crippen LogP contribution in [0.1, 0.15) is 44.2 Å². The number of halogens is 1. The maximum Gasteiger partial charge on any atom is 0.225 e. The predicted molar refractivity (Wildman–Crippen MR) is 82.6 cm³/mol. The molecule has 0 aliphatic carbocycles. The van der Waals surface area contributed by atoms with Gasteiger partial charge in [-0.05, 0) is 18.9 Å². The van der Waals surface area contributed by atoms with Crippen molar-refractivity contribution >= 4 is 11.8 Å². The first-order valence-corrected chi connectivity index (χ1v) is 7.84. The normalized spacial score (nSPS) is 21.8. The molecule has 0 saturated carbocycles. The number of amides is 2. The molecule has 0 unspecified atom stereocenters. The molecule has 1 aliphatic rings. The largest absolute Gasteiger partial charge is 0.356 e. The topological polar surface area (TPSA) is 49.4 Å². The minimum absolute atomic E-state index is 0.0501. The lowest BCUT2D eigenvalue weighted by molar-refractivity contribution is -0.141. The average Bonchev–Trinajstić information content (AvgIpc) is 2.51. The van der Waals surface area contributed by atoms with Gasteiger partial charge in [-0.25, -0.2) is 4.39 Å². The molecule has 22 heavy (non-hydrogen) atoms. The minimum atomic E-state index is -0.538. The number of likely N-dealkylation sites (tertiary alicyclic amines) is 1. The molecule has 1 fully saturated rings. The van der Waals surface area contributed by atoms with Crippen molar-refractivity contribution in [2.75, 3.05) is 13.6 Å². The van der Waals surface area contributed by atoms with Crippen LogP contribution in [0, 0.1) is 11.7 Å². The summed E-state index contributed by atoms with van der Waals surface area (Å²) in [5.74, 6) is -0.927. The van der Waals surface area contributed by atoms with Gasteiger partial charge in [0.1, 0.15) is 5.82 Å². The zero-order chi connectivity index (χ0) is 16.1. The highest BCUT2D eigenvalue weighted by atomic mass is 19.1. The van der Waals surface area contributed by atoms with Crippen LogP contribution in [0.15, 0.2) is 24.3 Å². The number of benzene rings is 1. The van der Waals surface area contributed by atoms with Crippen LogP contribution in [-0.4, -0.2) is 30.3 Å². The van der Waals surface area contributed by atoms with Gasteiger partial charge in [0.2, 0.25) is 11.8 Å². The molecule has 1 aromatic rings. The summed E-state index contributed by atoms with van der Waals surface area (Å²) in [6.45, 7) is 2.68. The molecular weight excluding hydrogens is 283 g/mol. The molecule has 0 aromatic heterocycles. The zero-order valence-corrected chi connectivity index (χ0v) is 13.1. The second-order valence-corrected chi connectivity index (χ2v) is 5.76. The van der Waals surface area contributed by atoms with Gasteiger partial charge in [-0.1, -0.05) is 31.5 Å². The third kappa shape index (κ3) is 3.46. The van der Waals surface area contributed by atoms with Gasteiger partial charge >= 0.3 is 0 Å². The number of nitrogens with one attached hydrogen (secondary N) is 1. The summed E-state index contributed by atoms with van der Waals surface area (Å²) in [6, 6.07) is 5.83. The van der Waals surface area contributed by atoms with Gasteiger partial charge in [-0.15, -0.1) is 0 Å². The number of hydrogen-bond donors (Lipinski definition) is 1. The van der Waals surface area contributed by atoms with E-state index in [-0.39, 0.29) is 17.6 Å². The number of rotatable bonds is 5.